The zero-order valence-electron chi connectivity index (χ0n) is 11.9. The number of aliphatic carboxylic acids is 1. The molecule has 0 aliphatic rings. The average Bonchev–Trinajstić information content (AvgIpc) is 2.45. The number of carboxylic acids is 1. The first-order chi connectivity index (χ1) is 10.0. The quantitative estimate of drug-likeness (QED) is 0.717. The fraction of sp³-hybridized carbons (Fsp3) is 0.400. The first kappa shape index (κ1) is 16.5. The van der Waals surface area contributed by atoms with Gasteiger partial charge in [0.05, 0.1) is 11.3 Å². The molecule has 6 nitrogen and oxygen atoms in total. The number of carboxylic acid groups (broad SMARTS) is 1. The molecule has 0 aliphatic heterocycles. The second kappa shape index (κ2) is 8.59. The number of nitrogens with zero attached hydrogens (tertiary/aromatic N) is 1. The Morgan fingerprint density at radius 1 is 1.33 bits per heavy atom. The van der Waals surface area contributed by atoms with E-state index in [1.807, 2.05) is 13.0 Å². The predicted octanol–water partition coefficient (Wildman–Crippen LogP) is 2.57. The van der Waals surface area contributed by atoms with Crippen molar-refractivity contribution in [2.24, 2.45) is 5.92 Å². The minimum Gasteiger partial charge on any atom is -0.481 e. The van der Waals surface area contributed by atoms with Gasteiger partial charge in [0.25, 0.3) is 0 Å². The molecule has 1 aromatic carbocycles. The maximum atomic E-state index is 11.7. The molecule has 1 aromatic rings. The van der Waals surface area contributed by atoms with Crippen molar-refractivity contribution in [1.82, 2.24) is 5.32 Å². The van der Waals surface area contributed by atoms with Gasteiger partial charge < -0.3 is 15.7 Å². The van der Waals surface area contributed by atoms with Gasteiger partial charge in [-0.3, -0.25) is 4.79 Å². The molecule has 0 aliphatic carbocycles. The van der Waals surface area contributed by atoms with Crippen molar-refractivity contribution in [2.45, 2.75) is 26.2 Å². The Kier molecular flexibility index (Phi) is 6.75. The maximum absolute atomic E-state index is 11.7. The fourth-order valence-corrected chi connectivity index (χ4v) is 1.80. The van der Waals surface area contributed by atoms with Crippen LogP contribution < -0.4 is 10.6 Å². The summed E-state index contributed by atoms with van der Waals surface area (Å²) >= 11 is 0. The second-order valence-electron chi connectivity index (χ2n) is 4.86. The summed E-state index contributed by atoms with van der Waals surface area (Å²) < 4.78 is 0. The van der Waals surface area contributed by atoms with Crippen LogP contribution in [0.5, 0.6) is 0 Å². The van der Waals surface area contributed by atoms with Gasteiger partial charge in [0.1, 0.15) is 6.07 Å². The van der Waals surface area contributed by atoms with Crippen molar-refractivity contribution in [3.63, 3.8) is 0 Å². The fourth-order valence-electron chi connectivity index (χ4n) is 1.80. The molecular weight excluding hydrogens is 270 g/mol. The van der Waals surface area contributed by atoms with Crippen LogP contribution in [0.2, 0.25) is 0 Å². The van der Waals surface area contributed by atoms with Gasteiger partial charge in [-0.05, 0) is 30.9 Å². The third kappa shape index (κ3) is 6.43. The lowest BCUT2D eigenvalue weighted by atomic mass is 10.0. The molecule has 1 rings (SSSR count). The van der Waals surface area contributed by atoms with E-state index < -0.39 is 5.97 Å². The lowest BCUT2D eigenvalue weighted by Crippen LogP contribution is -2.30. The number of para-hydroxylation sites is 1. The molecule has 0 heterocycles. The Morgan fingerprint density at radius 3 is 2.71 bits per heavy atom. The van der Waals surface area contributed by atoms with E-state index in [-0.39, 0.29) is 18.4 Å². The van der Waals surface area contributed by atoms with Crippen molar-refractivity contribution in [3.05, 3.63) is 29.8 Å². The number of carbonyl (C=O) groups is 2. The Bertz CT molecular complexity index is 537. The summed E-state index contributed by atoms with van der Waals surface area (Å²) in [5.41, 5.74) is 0.874. The van der Waals surface area contributed by atoms with Crippen molar-refractivity contribution >= 4 is 17.7 Å². The van der Waals surface area contributed by atoms with Crippen molar-refractivity contribution in [1.29, 1.82) is 5.26 Å². The van der Waals surface area contributed by atoms with Gasteiger partial charge in [-0.25, -0.2) is 4.79 Å². The molecule has 0 aromatic heterocycles. The molecule has 1 unspecified atom stereocenters. The highest BCUT2D eigenvalue weighted by atomic mass is 16.4. The van der Waals surface area contributed by atoms with E-state index >= 15 is 0 Å². The highest BCUT2D eigenvalue weighted by molar-refractivity contribution is 5.90. The van der Waals surface area contributed by atoms with E-state index in [9.17, 15) is 9.59 Å². The predicted molar refractivity (Wildman–Crippen MR) is 78.8 cm³/mol. The van der Waals surface area contributed by atoms with Crippen LogP contribution in [0.1, 0.15) is 31.7 Å². The number of nitrogens with one attached hydrogen (secondary N) is 2. The molecule has 3 N–H and O–H groups in total. The molecule has 0 saturated heterocycles. The Hall–Kier alpha value is -2.55. The van der Waals surface area contributed by atoms with E-state index in [1.54, 1.807) is 24.3 Å². The van der Waals surface area contributed by atoms with E-state index in [0.717, 1.165) is 0 Å². The summed E-state index contributed by atoms with van der Waals surface area (Å²) in [6.45, 7) is 2.41. The number of carbonyl (C=O) groups excluding carboxylic acids is 1. The molecule has 0 radical (unpaired) electrons. The summed E-state index contributed by atoms with van der Waals surface area (Å²) in [4.78, 5) is 22.1. The van der Waals surface area contributed by atoms with Gasteiger partial charge >= 0.3 is 12.0 Å². The standard InChI is InChI=1S/C15H19N3O3/c1-11(6-7-14(19)20)8-9-17-15(21)18-13-5-3-2-4-12(13)10-16/h2-5,11H,6-9H2,1H3,(H,19,20)(H2,17,18,21). The lowest BCUT2D eigenvalue weighted by molar-refractivity contribution is -0.137. The molecule has 0 fully saturated rings. The van der Waals surface area contributed by atoms with Gasteiger partial charge in [0.2, 0.25) is 0 Å². The number of urea groups is 1. The van der Waals surface area contributed by atoms with Gasteiger partial charge in [-0.15, -0.1) is 0 Å². The highest BCUT2D eigenvalue weighted by Gasteiger charge is 2.08. The van der Waals surface area contributed by atoms with Crippen molar-refractivity contribution < 1.29 is 14.7 Å². The molecule has 0 bridgehead atoms. The Labute approximate surface area is 123 Å². The topological polar surface area (TPSA) is 102 Å². The summed E-state index contributed by atoms with van der Waals surface area (Å²) in [6, 6.07) is 8.39. The Balaban J connectivity index is 2.31. The van der Waals surface area contributed by atoms with E-state index in [0.29, 0.717) is 30.6 Å². The first-order valence-corrected chi connectivity index (χ1v) is 6.78. The van der Waals surface area contributed by atoms with Crippen LogP contribution >= 0.6 is 0 Å². The maximum Gasteiger partial charge on any atom is 0.319 e. The Morgan fingerprint density at radius 2 is 2.05 bits per heavy atom. The minimum atomic E-state index is -0.805. The highest BCUT2D eigenvalue weighted by Crippen LogP contribution is 2.13. The number of anilines is 1. The second-order valence-corrected chi connectivity index (χ2v) is 4.86. The third-order valence-electron chi connectivity index (χ3n) is 3.07. The third-order valence-corrected chi connectivity index (χ3v) is 3.07. The molecule has 6 heteroatoms. The molecular formula is C15H19N3O3. The van der Waals surface area contributed by atoms with Crippen molar-refractivity contribution in [2.75, 3.05) is 11.9 Å². The molecule has 2 amide bonds. The number of benzene rings is 1. The van der Waals surface area contributed by atoms with E-state index in [2.05, 4.69) is 10.6 Å². The molecule has 1 atom stereocenters. The number of nitriles is 1. The minimum absolute atomic E-state index is 0.142. The van der Waals surface area contributed by atoms with Crippen LogP contribution in [0.25, 0.3) is 0 Å². The summed E-state index contributed by atoms with van der Waals surface area (Å²) in [5, 5.41) is 22.8. The number of hydrogen-bond acceptors (Lipinski definition) is 3. The largest absolute Gasteiger partial charge is 0.481 e. The van der Waals surface area contributed by atoms with Crippen LogP contribution in [0.4, 0.5) is 10.5 Å². The molecule has 0 spiro atoms. The lowest BCUT2D eigenvalue weighted by Gasteiger charge is -2.12. The zero-order valence-corrected chi connectivity index (χ0v) is 11.9. The number of rotatable bonds is 7. The summed E-state index contributed by atoms with van der Waals surface area (Å²) in [7, 11) is 0. The van der Waals surface area contributed by atoms with Gasteiger partial charge in [0, 0.05) is 13.0 Å². The SMILES string of the molecule is CC(CCNC(=O)Nc1ccccc1C#N)CCC(=O)O. The average molecular weight is 289 g/mol. The van der Waals surface area contributed by atoms with E-state index in [4.69, 9.17) is 10.4 Å². The molecule has 0 saturated carbocycles. The monoisotopic (exact) mass is 289 g/mol. The van der Waals surface area contributed by atoms with E-state index in [1.165, 1.54) is 0 Å². The summed E-state index contributed by atoms with van der Waals surface area (Å²) in [6.07, 6.45) is 1.44. The number of amides is 2. The van der Waals surface area contributed by atoms with Crippen molar-refractivity contribution in [3.8, 4) is 6.07 Å². The van der Waals surface area contributed by atoms with Crippen LogP contribution in [0.15, 0.2) is 24.3 Å². The molecule has 112 valence electrons. The zero-order chi connectivity index (χ0) is 15.7. The van der Waals surface area contributed by atoms with Crippen LogP contribution in [-0.2, 0) is 4.79 Å². The first-order valence-electron chi connectivity index (χ1n) is 6.78. The van der Waals surface area contributed by atoms with Gasteiger partial charge in [-0.2, -0.15) is 5.26 Å². The van der Waals surface area contributed by atoms with Gasteiger partial charge in [0.15, 0.2) is 0 Å². The normalized spacial score (nSPS) is 11.2. The molecule has 21 heavy (non-hydrogen) atoms. The smallest absolute Gasteiger partial charge is 0.319 e. The van der Waals surface area contributed by atoms with Gasteiger partial charge in [-0.1, -0.05) is 19.1 Å². The summed E-state index contributed by atoms with van der Waals surface area (Å²) in [5.74, 6) is -0.576. The number of hydrogen-bond donors (Lipinski definition) is 3. The van der Waals surface area contributed by atoms with Crippen LogP contribution in [0, 0.1) is 17.2 Å². The van der Waals surface area contributed by atoms with Crippen LogP contribution in [-0.4, -0.2) is 23.7 Å². The van der Waals surface area contributed by atoms with Crippen LogP contribution in [0.3, 0.4) is 0 Å².